The number of ether oxygens (including phenoxy) is 2. The summed E-state index contributed by atoms with van der Waals surface area (Å²) in [6.45, 7) is 4.05. The molecule has 3 heterocycles. The number of benzene rings is 1. The van der Waals surface area contributed by atoms with Gasteiger partial charge in [-0.15, -0.1) is 0 Å². The molecule has 2 aliphatic heterocycles. The molecule has 35 heavy (non-hydrogen) atoms. The number of carboxylic acid groups (broad SMARTS) is 1. The Balaban J connectivity index is 0.000000429. The maximum absolute atomic E-state index is 12.7. The zero-order valence-electron chi connectivity index (χ0n) is 19.5. The van der Waals surface area contributed by atoms with E-state index in [1.807, 2.05) is 48.2 Å². The smallest absolute Gasteiger partial charge is 0.490 e. The van der Waals surface area contributed by atoms with Crippen LogP contribution in [0.5, 0.6) is 5.75 Å². The van der Waals surface area contributed by atoms with Gasteiger partial charge in [0.2, 0.25) is 0 Å². The van der Waals surface area contributed by atoms with Gasteiger partial charge in [0, 0.05) is 36.7 Å². The highest BCUT2D eigenvalue weighted by Gasteiger charge is 2.43. The number of aromatic nitrogens is 1. The van der Waals surface area contributed by atoms with E-state index in [9.17, 15) is 18.0 Å². The van der Waals surface area contributed by atoms with Gasteiger partial charge in [0.05, 0.1) is 30.9 Å². The summed E-state index contributed by atoms with van der Waals surface area (Å²) >= 11 is 0. The van der Waals surface area contributed by atoms with E-state index < -0.39 is 12.1 Å². The molecule has 11 heteroatoms. The summed E-state index contributed by atoms with van der Waals surface area (Å²) in [5.41, 5.74) is 2.50. The number of piperidine rings is 1. The number of pyridine rings is 1. The van der Waals surface area contributed by atoms with Gasteiger partial charge in [-0.2, -0.15) is 13.2 Å². The van der Waals surface area contributed by atoms with Gasteiger partial charge < -0.3 is 24.8 Å². The number of methoxy groups -OCH3 is 1. The molecule has 1 unspecified atom stereocenters. The highest BCUT2D eigenvalue weighted by Crippen LogP contribution is 2.37. The predicted molar refractivity (Wildman–Crippen MR) is 122 cm³/mol. The number of rotatable bonds is 4. The van der Waals surface area contributed by atoms with Crippen molar-refractivity contribution in [3.63, 3.8) is 0 Å². The number of carbonyl (C=O) groups excluding carboxylic acids is 1. The topological polar surface area (TPSA) is 101 Å². The van der Waals surface area contributed by atoms with Crippen LogP contribution in [0.1, 0.15) is 35.3 Å². The third-order valence-electron chi connectivity index (χ3n) is 6.01. The van der Waals surface area contributed by atoms with Gasteiger partial charge >= 0.3 is 12.1 Å². The number of amides is 1. The third kappa shape index (κ3) is 7.08. The summed E-state index contributed by atoms with van der Waals surface area (Å²) in [5, 5.41) is 10.7. The van der Waals surface area contributed by atoms with Crippen molar-refractivity contribution in [2.75, 3.05) is 32.1 Å². The maximum atomic E-state index is 12.7. The minimum absolute atomic E-state index is 0.0615. The second kappa shape index (κ2) is 10.9. The first kappa shape index (κ1) is 26.3. The molecule has 4 rings (SSSR count). The van der Waals surface area contributed by atoms with Crippen molar-refractivity contribution in [1.29, 1.82) is 0 Å². The Bertz CT molecular complexity index is 1020. The highest BCUT2D eigenvalue weighted by molar-refractivity contribution is 5.94. The average Bonchev–Trinajstić information content (AvgIpc) is 3.21. The van der Waals surface area contributed by atoms with E-state index in [-0.39, 0.29) is 17.6 Å². The zero-order valence-corrected chi connectivity index (χ0v) is 19.5. The highest BCUT2D eigenvalue weighted by atomic mass is 19.4. The molecule has 2 saturated heterocycles. The minimum atomic E-state index is -5.08. The molecule has 1 atom stereocenters. The SMILES string of the molecule is COc1cccc(NC2COC3(CCN(C(=O)c4ccc(C)nc4)CC3)C2)c1.O=C(O)C(F)(F)F. The third-order valence-corrected chi connectivity index (χ3v) is 6.01. The molecular weight excluding hydrogens is 467 g/mol. The van der Waals surface area contributed by atoms with Crippen LogP contribution in [-0.2, 0) is 9.53 Å². The van der Waals surface area contributed by atoms with Gasteiger partial charge in [-0.05, 0) is 50.5 Å². The van der Waals surface area contributed by atoms with E-state index in [4.69, 9.17) is 19.4 Å². The monoisotopic (exact) mass is 495 g/mol. The van der Waals surface area contributed by atoms with Gasteiger partial charge in [-0.1, -0.05) is 6.07 Å². The molecule has 1 amide bonds. The normalized spacial score (nSPS) is 19.0. The molecule has 2 N–H and O–H groups in total. The van der Waals surface area contributed by atoms with Gasteiger partial charge in [-0.3, -0.25) is 9.78 Å². The van der Waals surface area contributed by atoms with Gasteiger partial charge in [0.15, 0.2) is 0 Å². The number of alkyl halides is 3. The number of hydrogen-bond acceptors (Lipinski definition) is 6. The van der Waals surface area contributed by atoms with Crippen molar-refractivity contribution < 1.29 is 37.3 Å². The summed E-state index contributed by atoms with van der Waals surface area (Å²) < 4.78 is 43.3. The van der Waals surface area contributed by atoms with Crippen molar-refractivity contribution in [3.8, 4) is 5.75 Å². The molecule has 1 spiro atoms. The number of aliphatic carboxylic acids is 1. The van der Waals surface area contributed by atoms with E-state index in [2.05, 4.69) is 10.3 Å². The van der Waals surface area contributed by atoms with Crippen LogP contribution in [0.4, 0.5) is 18.9 Å². The van der Waals surface area contributed by atoms with Crippen LogP contribution < -0.4 is 10.1 Å². The van der Waals surface area contributed by atoms with Crippen molar-refractivity contribution >= 4 is 17.6 Å². The van der Waals surface area contributed by atoms with Crippen molar-refractivity contribution in [3.05, 3.63) is 53.9 Å². The van der Waals surface area contributed by atoms with Gasteiger partial charge in [-0.25, -0.2) is 4.79 Å². The fourth-order valence-electron chi connectivity index (χ4n) is 4.13. The Morgan fingerprint density at radius 3 is 2.49 bits per heavy atom. The van der Waals surface area contributed by atoms with Crippen molar-refractivity contribution in [2.45, 2.75) is 44.0 Å². The summed E-state index contributed by atoms with van der Waals surface area (Å²) in [6, 6.07) is 12.0. The van der Waals surface area contributed by atoms with Gasteiger partial charge in [0.25, 0.3) is 5.91 Å². The van der Waals surface area contributed by atoms with Crippen LogP contribution in [-0.4, -0.2) is 71.5 Å². The summed E-state index contributed by atoms with van der Waals surface area (Å²) in [5.74, 6) is -1.85. The second-order valence-corrected chi connectivity index (χ2v) is 8.55. The van der Waals surface area contributed by atoms with E-state index in [1.54, 1.807) is 13.3 Å². The number of aryl methyl sites for hydroxylation is 1. The van der Waals surface area contributed by atoms with Crippen LogP contribution in [0.25, 0.3) is 0 Å². The minimum Gasteiger partial charge on any atom is -0.497 e. The molecule has 2 fully saturated rings. The second-order valence-electron chi connectivity index (χ2n) is 8.55. The lowest BCUT2D eigenvalue weighted by Gasteiger charge is -2.38. The van der Waals surface area contributed by atoms with Crippen LogP contribution in [0.15, 0.2) is 42.6 Å². The summed E-state index contributed by atoms with van der Waals surface area (Å²) in [7, 11) is 1.68. The number of halogens is 3. The van der Waals surface area contributed by atoms with E-state index in [0.717, 1.165) is 49.5 Å². The number of anilines is 1. The lowest BCUT2D eigenvalue weighted by atomic mass is 9.87. The predicted octanol–water partition coefficient (Wildman–Crippen LogP) is 3.91. The Kier molecular flexibility index (Phi) is 8.21. The quantitative estimate of drug-likeness (QED) is 0.663. The number of nitrogens with zero attached hydrogens (tertiary/aromatic N) is 2. The molecule has 2 aliphatic rings. The molecular formula is C24H28F3N3O5. The van der Waals surface area contributed by atoms with E-state index in [1.165, 1.54) is 0 Å². The number of nitrogens with one attached hydrogen (secondary N) is 1. The molecule has 1 aromatic heterocycles. The van der Waals surface area contributed by atoms with Crippen LogP contribution in [0, 0.1) is 6.92 Å². The van der Waals surface area contributed by atoms with Crippen LogP contribution >= 0.6 is 0 Å². The lowest BCUT2D eigenvalue weighted by Crippen LogP contribution is -2.46. The Hall–Kier alpha value is -3.34. The molecule has 0 radical (unpaired) electrons. The average molecular weight is 495 g/mol. The molecule has 190 valence electrons. The largest absolute Gasteiger partial charge is 0.497 e. The molecule has 0 saturated carbocycles. The van der Waals surface area contributed by atoms with Crippen molar-refractivity contribution in [2.24, 2.45) is 0 Å². The molecule has 0 aliphatic carbocycles. The van der Waals surface area contributed by atoms with Crippen LogP contribution in [0.2, 0.25) is 0 Å². The zero-order chi connectivity index (χ0) is 25.6. The first-order chi connectivity index (χ1) is 16.5. The summed E-state index contributed by atoms with van der Waals surface area (Å²) in [4.78, 5) is 27.8. The van der Waals surface area contributed by atoms with Crippen LogP contribution in [0.3, 0.4) is 0 Å². The summed E-state index contributed by atoms with van der Waals surface area (Å²) in [6.07, 6.45) is -0.719. The Morgan fingerprint density at radius 1 is 1.23 bits per heavy atom. The van der Waals surface area contributed by atoms with Crippen molar-refractivity contribution in [1.82, 2.24) is 9.88 Å². The lowest BCUT2D eigenvalue weighted by molar-refractivity contribution is -0.192. The number of carboxylic acids is 1. The maximum Gasteiger partial charge on any atom is 0.490 e. The van der Waals surface area contributed by atoms with E-state index >= 15 is 0 Å². The number of carbonyl (C=O) groups is 2. The fraction of sp³-hybridized carbons (Fsp3) is 0.458. The molecule has 8 nitrogen and oxygen atoms in total. The first-order valence-corrected chi connectivity index (χ1v) is 11.1. The standard InChI is InChI=1S/C22H27N3O3.C2HF3O2/c1-16-6-7-17(14-23-16)21(26)25-10-8-22(9-11-25)13-19(15-28-22)24-18-4-3-5-20(12-18)27-2;3-2(4,5)1(6)7/h3-7,12,14,19,24H,8-11,13,15H2,1-2H3;(H,6,7). The van der Waals surface area contributed by atoms with E-state index in [0.29, 0.717) is 12.2 Å². The molecule has 2 aromatic rings. The molecule has 1 aromatic carbocycles. The fourth-order valence-corrected chi connectivity index (χ4v) is 4.13. The Labute approximate surface area is 201 Å². The first-order valence-electron chi connectivity index (χ1n) is 11.1. The number of hydrogen-bond donors (Lipinski definition) is 2. The molecule has 0 bridgehead atoms. The van der Waals surface area contributed by atoms with Gasteiger partial charge in [0.1, 0.15) is 5.75 Å². The number of likely N-dealkylation sites (tertiary alicyclic amines) is 1. The Morgan fingerprint density at radius 2 is 1.91 bits per heavy atom.